The van der Waals surface area contributed by atoms with Crippen molar-refractivity contribution in [2.75, 3.05) is 6.61 Å². The number of ether oxygens (including phenoxy) is 1. The van der Waals surface area contributed by atoms with E-state index in [1.807, 2.05) is 48.5 Å². The third-order valence-electron chi connectivity index (χ3n) is 4.91. The Bertz CT molecular complexity index is 1120. The first-order chi connectivity index (χ1) is 15.4. The van der Waals surface area contributed by atoms with Crippen molar-refractivity contribution < 1.29 is 18.8 Å². The van der Waals surface area contributed by atoms with Gasteiger partial charge in [0, 0.05) is 11.1 Å². The summed E-state index contributed by atoms with van der Waals surface area (Å²) in [7, 11) is 0. The number of esters is 1. The molecule has 0 fully saturated rings. The lowest BCUT2D eigenvalue weighted by Crippen LogP contribution is -2.39. The molecule has 3 aromatic rings. The maximum absolute atomic E-state index is 12.5. The number of hydrogen-bond acceptors (Lipinski definition) is 6. The first kappa shape index (κ1) is 23.3. The number of aromatic amines is 1. The van der Waals surface area contributed by atoms with Gasteiger partial charge in [0.05, 0.1) is 12.5 Å². The van der Waals surface area contributed by atoms with Gasteiger partial charge in [-0.3, -0.25) is 19.1 Å². The van der Waals surface area contributed by atoms with Gasteiger partial charge >= 0.3 is 11.7 Å². The zero-order valence-electron chi connectivity index (χ0n) is 17.8. The molecule has 1 aromatic heterocycles. The van der Waals surface area contributed by atoms with Gasteiger partial charge in [0.25, 0.3) is 5.91 Å². The number of H-pyrrole nitrogens is 1. The second-order valence-corrected chi connectivity index (χ2v) is 7.85. The highest BCUT2D eigenvalue weighted by Crippen LogP contribution is 2.24. The molecule has 32 heavy (non-hydrogen) atoms. The quantitative estimate of drug-likeness (QED) is 0.474. The first-order valence-electron chi connectivity index (χ1n) is 10.2. The van der Waals surface area contributed by atoms with Crippen LogP contribution in [0.15, 0.2) is 57.8 Å². The van der Waals surface area contributed by atoms with Gasteiger partial charge in [0.15, 0.2) is 0 Å². The fourth-order valence-electron chi connectivity index (χ4n) is 3.37. The zero-order chi connectivity index (χ0) is 23.1. The number of carbonyl (C=O) groups excluding carboxylic acids is 2. The third-order valence-corrected chi connectivity index (χ3v) is 5.15. The smallest absolute Gasteiger partial charge is 0.439 e. The maximum Gasteiger partial charge on any atom is 0.439 e. The number of nitrogens with one attached hydrogen (secondary N) is 2. The molecule has 2 atom stereocenters. The predicted octanol–water partition coefficient (Wildman–Crippen LogP) is 3.61. The zero-order valence-corrected chi connectivity index (χ0v) is 18.5. The molecule has 1 heterocycles. The van der Waals surface area contributed by atoms with E-state index in [0.29, 0.717) is 17.9 Å². The van der Waals surface area contributed by atoms with Crippen molar-refractivity contribution in [3.63, 3.8) is 0 Å². The van der Waals surface area contributed by atoms with Gasteiger partial charge in [0.2, 0.25) is 5.82 Å². The van der Waals surface area contributed by atoms with Gasteiger partial charge < -0.3 is 10.1 Å². The van der Waals surface area contributed by atoms with Gasteiger partial charge in [-0.15, -0.1) is 0 Å². The lowest BCUT2D eigenvalue weighted by molar-refractivity contribution is -0.147. The van der Waals surface area contributed by atoms with Crippen LogP contribution in [0.2, 0.25) is 5.02 Å². The number of benzene rings is 2. The van der Waals surface area contributed by atoms with Gasteiger partial charge in [-0.2, -0.15) is 0 Å². The van der Waals surface area contributed by atoms with E-state index in [4.69, 9.17) is 16.3 Å². The van der Waals surface area contributed by atoms with Crippen molar-refractivity contribution in [3.05, 3.63) is 75.5 Å². The minimum absolute atomic E-state index is 0.222. The van der Waals surface area contributed by atoms with E-state index in [2.05, 4.69) is 20.0 Å². The Morgan fingerprint density at radius 3 is 2.56 bits per heavy atom. The minimum Gasteiger partial charge on any atom is -0.466 e. The Kier molecular flexibility index (Phi) is 7.83. The average molecular weight is 458 g/mol. The number of nitrogens with zero attached hydrogens (tertiary/aromatic N) is 1. The van der Waals surface area contributed by atoms with Gasteiger partial charge in [-0.1, -0.05) is 54.9 Å². The number of carbonyl (C=O) groups is 2. The molecular weight excluding hydrogens is 434 g/mol. The van der Waals surface area contributed by atoms with Crippen LogP contribution < -0.4 is 11.1 Å². The van der Waals surface area contributed by atoms with Crippen LogP contribution in [-0.4, -0.2) is 34.7 Å². The molecule has 0 saturated carbocycles. The Labute approximate surface area is 189 Å². The van der Waals surface area contributed by atoms with E-state index in [0.717, 1.165) is 16.7 Å². The molecule has 0 bridgehead atoms. The van der Waals surface area contributed by atoms with E-state index in [1.165, 1.54) is 0 Å². The SMILES string of the molecule is CCOC(=O)[C@H](C)C[C@@H](Cc1ccc(-c2cccc(Cl)c2)cc1)NC(=O)c1noc(=O)[nH]1. The molecule has 8 nitrogen and oxygen atoms in total. The summed E-state index contributed by atoms with van der Waals surface area (Å²) < 4.78 is 9.48. The first-order valence-corrected chi connectivity index (χ1v) is 10.6. The minimum atomic E-state index is -0.816. The van der Waals surface area contributed by atoms with E-state index in [1.54, 1.807) is 13.8 Å². The molecule has 2 N–H and O–H groups in total. The summed E-state index contributed by atoms with van der Waals surface area (Å²) in [4.78, 5) is 37.9. The number of halogens is 1. The largest absolute Gasteiger partial charge is 0.466 e. The number of amides is 1. The Morgan fingerprint density at radius 1 is 1.19 bits per heavy atom. The van der Waals surface area contributed by atoms with Crippen LogP contribution in [0.25, 0.3) is 11.1 Å². The maximum atomic E-state index is 12.5. The summed E-state index contributed by atoms with van der Waals surface area (Å²) in [6, 6.07) is 15.0. The van der Waals surface area contributed by atoms with Crippen LogP contribution in [0, 0.1) is 5.92 Å². The number of hydrogen-bond donors (Lipinski definition) is 2. The van der Waals surface area contributed by atoms with Crippen LogP contribution in [0.3, 0.4) is 0 Å². The third kappa shape index (κ3) is 6.31. The standard InChI is InChI=1S/C23H24ClN3O5/c1-3-31-22(29)14(2)11-19(25-21(28)20-26-23(30)32-27-20)12-15-7-9-16(10-8-15)17-5-4-6-18(24)13-17/h4-10,13-14,19H,3,11-12H2,1-2H3,(H,25,28)(H,26,27,30)/t14-,19+/m1/s1. The molecule has 168 valence electrons. The molecule has 9 heteroatoms. The Morgan fingerprint density at radius 2 is 1.94 bits per heavy atom. The summed E-state index contributed by atoms with van der Waals surface area (Å²) in [6.45, 7) is 3.77. The fraction of sp³-hybridized carbons (Fsp3) is 0.304. The van der Waals surface area contributed by atoms with Crippen LogP contribution in [-0.2, 0) is 16.0 Å². The second-order valence-electron chi connectivity index (χ2n) is 7.41. The van der Waals surface area contributed by atoms with E-state index in [-0.39, 0.29) is 18.4 Å². The number of aromatic nitrogens is 2. The van der Waals surface area contributed by atoms with Crippen molar-refractivity contribution in [3.8, 4) is 11.1 Å². The summed E-state index contributed by atoms with van der Waals surface area (Å²) in [5, 5.41) is 6.89. The van der Waals surface area contributed by atoms with Crippen LogP contribution in [0.1, 0.15) is 36.5 Å². The van der Waals surface area contributed by atoms with E-state index >= 15 is 0 Å². The van der Waals surface area contributed by atoms with Crippen molar-refractivity contribution in [2.24, 2.45) is 5.92 Å². The summed E-state index contributed by atoms with van der Waals surface area (Å²) in [5.41, 5.74) is 2.97. The van der Waals surface area contributed by atoms with Crippen LogP contribution >= 0.6 is 11.6 Å². The van der Waals surface area contributed by atoms with Crippen molar-refractivity contribution >= 4 is 23.5 Å². The summed E-state index contributed by atoms with van der Waals surface area (Å²) in [5.74, 6) is -2.39. The van der Waals surface area contributed by atoms with Gasteiger partial charge in [0.1, 0.15) is 0 Å². The molecule has 0 spiro atoms. The highest BCUT2D eigenvalue weighted by molar-refractivity contribution is 6.30. The molecule has 0 aliphatic rings. The van der Waals surface area contributed by atoms with Crippen molar-refractivity contribution in [2.45, 2.75) is 32.7 Å². The molecule has 0 aliphatic carbocycles. The van der Waals surface area contributed by atoms with Gasteiger partial charge in [-0.25, -0.2) is 4.79 Å². The molecule has 0 aliphatic heterocycles. The lowest BCUT2D eigenvalue weighted by atomic mass is 9.95. The average Bonchev–Trinajstić information content (AvgIpc) is 3.21. The second kappa shape index (κ2) is 10.8. The normalized spacial score (nSPS) is 12.7. The predicted molar refractivity (Wildman–Crippen MR) is 119 cm³/mol. The highest BCUT2D eigenvalue weighted by atomic mass is 35.5. The molecule has 0 radical (unpaired) electrons. The van der Waals surface area contributed by atoms with E-state index < -0.39 is 23.6 Å². The summed E-state index contributed by atoms with van der Waals surface area (Å²) >= 11 is 6.08. The van der Waals surface area contributed by atoms with Crippen LogP contribution in [0.4, 0.5) is 0 Å². The number of rotatable bonds is 9. The molecule has 0 saturated heterocycles. The Hall–Kier alpha value is -3.39. The monoisotopic (exact) mass is 457 g/mol. The Balaban J connectivity index is 1.75. The van der Waals surface area contributed by atoms with Crippen molar-refractivity contribution in [1.29, 1.82) is 0 Å². The summed E-state index contributed by atoms with van der Waals surface area (Å²) in [6.07, 6.45) is 0.816. The molecule has 1 amide bonds. The molecular formula is C23H24ClN3O5. The van der Waals surface area contributed by atoms with Crippen LogP contribution in [0.5, 0.6) is 0 Å². The molecule has 0 unspecified atom stereocenters. The lowest BCUT2D eigenvalue weighted by Gasteiger charge is -2.21. The highest BCUT2D eigenvalue weighted by Gasteiger charge is 2.23. The van der Waals surface area contributed by atoms with E-state index in [9.17, 15) is 14.4 Å². The van der Waals surface area contributed by atoms with Gasteiger partial charge in [-0.05, 0) is 53.7 Å². The molecule has 2 aromatic carbocycles. The topological polar surface area (TPSA) is 114 Å². The fourth-order valence-corrected chi connectivity index (χ4v) is 3.56. The van der Waals surface area contributed by atoms with Crippen molar-refractivity contribution in [1.82, 2.24) is 15.5 Å². The molecule has 3 rings (SSSR count).